The third-order valence-corrected chi connectivity index (χ3v) is 28.4. The number of fused-ring (bicyclic) bond motifs is 21. The van der Waals surface area contributed by atoms with Crippen molar-refractivity contribution in [1.82, 2.24) is 32.0 Å². The van der Waals surface area contributed by atoms with Gasteiger partial charge in [-0.3, -0.25) is 0 Å². The Morgan fingerprint density at radius 1 is 0.0791 bits per heavy atom. The first-order chi connectivity index (χ1) is 69.0. The first-order valence-electron chi connectivity index (χ1n) is 47.8. The highest BCUT2D eigenvalue weighted by molar-refractivity contribution is 6.18. The summed E-state index contributed by atoms with van der Waals surface area (Å²) < 4.78 is 16.6. The first kappa shape index (κ1) is 80.1. The van der Waals surface area contributed by atoms with Crippen LogP contribution in [-0.4, -0.2) is 32.0 Å². The molecule has 0 saturated heterocycles. The van der Waals surface area contributed by atoms with E-state index in [0.717, 1.165) is 5.69 Å². The van der Waals surface area contributed by atoms with Crippen LogP contribution in [0, 0.1) is 0 Å². The normalized spacial score (nSPS) is 11.7. The Morgan fingerprint density at radius 2 is 0.201 bits per heavy atom. The maximum absolute atomic E-state index is 2.41. The monoisotopic (exact) mass is 1770 g/mol. The SMILES string of the molecule is c1ccc(-n2c3ccccc3c3cc(-c4ccc5c(c4)c4cc(-c6ccc7c(c6)c6ccccc6n7-c6ccccc6)ccc4n5-c4ccccc4)ccc32)cc1.c1ccc(-n2c3ccccc3c3cc(-c4ccc5c(c4)c4ccccc4n5-c4ccccc4)ccc32)cc1.c1ccc(-n2c3ccccc3c3cc(-c4cccc(-c5ccc6c(c5)c5ccccc5n6-c5ccccc5)c4)ccc32)cc1. The number of benzene rings is 22. The molecule has 7 aromatic heterocycles. The number of aromatic nitrogens is 7. The van der Waals surface area contributed by atoms with E-state index >= 15 is 0 Å². The van der Waals surface area contributed by atoms with Gasteiger partial charge in [0.15, 0.2) is 0 Å². The minimum absolute atomic E-state index is 1.16. The van der Waals surface area contributed by atoms with E-state index in [4.69, 9.17) is 0 Å². The van der Waals surface area contributed by atoms with Gasteiger partial charge in [-0.15, -0.1) is 0 Å². The van der Waals surface area contributed by atoms with Gasteiger partial charge in [-0.2, -0.15) is 0 Å². The van der Waals surface area contributed by atoms with E-state index in [1.807, 2.05) is 0 Å². The number of para-hydroxylation sites is 13. The van der Waals surface area contributed by atoms with Gasteiger partial charge < -0.3 is 32.0 Å². The lowest BCUT2D eigenvalue weighted by Gasteiger charge is -2.10. The summed E-state index contributed by atoms with van der Waals surface area (Å²) in [5, 5.41) is 17.7. The van der Waals surface area contributed by atoms with E-state index in [2.05, 4.69) is 560 Å². The molecular weight excluding hydrogens is 1680 g/mol. The average molecular weight is 1770 g/mol. The molecule has 22 aromatic carbocycles. The van der Waals surface area contributed by atoms with Crippen molar-refractivity contribution in [2.75, 3.05) is 0 Å². The quantitative estimate of drug-likeness (QED) is 0.117. The second-order valence-electron chi connectivity index (χ2n) is 36.2. The van der Waals surface area contributed by atoms with Gasteiger partial charge >= 0.3 is 0 Å². The fraction of sp³-hybridized carbons (Fsp3) is 0. The zero-order valence-electron chi connectivity index (χ0n) is 75.9. The summed E-state index contributed by atoms with van der Waals surface area (Å²) in [5.41, 5.74) is 37.4. The minimum atomic E-state index is 1.16. The Hall–Kier alpha value is -18.6. The summed E-state index contributed by atoms with van der Waals surface area (Å²) in [6.07, 6.45) is 0. The molecule has 0 bridgehead atoms. The summed E-state index contributed by atoms with van der Waals surface area (Å²) in [7, 11) is 0. The molecule has 0 spiro atoms. The van der Waals surface area contributed by atoms with E-state index in [0.29, 0.717) is 0 Å². The molecule has 0 amide bonds. The fourth-order valence-electron chi connectivity index (χ4n) is 22.2. The average Bonchev–Trinajstić information content (AvgIpc) is 1.59. The molecule has 0 aliphatic rings. The number of nitrogens with zero attached hydrogens (tertiary/aromatic N) is 7. The van der Waals surface area contributed by atoms with Crippen LogP contribution in [0.15, 0.2) is 528 Å². The van der Waals surface area contributed by atoms with Crippen molar-refractivity contribution in [2.24, 2.45) is 0 Å². The Balaban J connectivity index is 0.000000107. The van der Waals surface area contributed by atoms with Crippen LogP contribution in [0.4, 0.5) is 0 Å². The third kappa shape index (κ3) is 13.5. The Morgan fingerprint density at radius 3 is 0.360 bits per heavy atom. The van der Waals surface area contributed by atoms with Gasteiger partial charge in [-0.05, 0) is 280 Å². The van der Waals surface area contributed by atoms with Crippen LogP contribution in [0.2, 0.25) is 0 Å². The number of hydrogen-bond donors (Lipinski definition) is 0. The Labute approximate surface area is 802 Å². The number of rotatable bonds is 12. The fourth-order valence-corrected chi connectivity index (χ4v) is 22.2. The molecule has 0 unspecified atom stereocenters. The Bertz CT molecular complexity index is 9320. The van der Waals surface area contributed by atoms with Crippen LogP contribution in [0.25, 0.3) is 248 Å². The molecule has 650 valence electrons. The lowest BCUT2D eigenvalue weighted by atomic mass is 9.97. The first-order valence-corrected chi connectivity index (χ1v) is 47.8. The van der Waals surface area contributed by atoms with Crippen molar-refractivity contribution < 1.29 is 0 Å². The van der Waals surface area contributed by atoms with Crippen molar-refractivity contribution >= 4 is 153 Å². The Kier molecular flexibility index (Phi) is 19.2. The molecule has 0 saturated carbocycles. The highest BCUT2D eigenvalue weighted by Crippen LogP contribution is 2.46. The predicted molar refractivity (Wildman–Crippen MR) is 587 cm³/mol. The molecule has 29 aromatic rings. The molecule has 0 radical (unpaired) electrons. The van der Waals surface area contributed by atoms with Crippen LogP contribution in [0.1, 0.15) is 0 Å². The van der Waals surface area contributed by atoms with E-state index in [1.54, 1.807) is 0 Å². The van der Waals surface area contributed by atoms with Gasteiger partial charge in [0.25, 0.3) is 0 Å². The van der Waals surface area contributed by atoms with E-state index < -0.39 is 0 Å². The van der Waals surface area contributed by atoms with Crippen LogP contribution in [0.5, 0.6) is 0 Å². The predicted octanol–water partition coefficient (Wildman–Crippen LogP) is 35.1. The van der Waals surface area contributed by atoms with Crippen LogP contribution in [-0.2, 0) is 0 Å². The largest absolute Gasteiger partial charge is 0.309 e. The maximum atomic E-state index is 2.41. The molecule has 0 fully saturated rings. The minimum Gasteiger partial charge on any atom is -0.309 e. The van der Waals surface area contributed by atoms with Gasteiger partial charge in [0, 0.05) is 115 Å². The standard InChI is InChI=1S/C54H35N3.C42H28N2.C36H24N2/c1-4-14-40(15-5-1)55-49-22-12-10-20-43(49)45-32-36(24-28-51(45)55)38-26-30-53-47(34-38)48-35-39(27-31-54(48)57(53)42-18-8-3-9-19-42)37-25-29-52-46(33-37)44-21-11-13-23-50(44)56(52)41-16-6-2-7-17-41;1-3-14-33(15-4-1)43-39-20-9-7-18-35(39)37-27-31(22-24-41(37)43)29-12-11-13-30(26-29)32-23-25-42-38(28-32)36-19-8-10-21-40(36)44(42)34-16-5-2-6-17-34;1-3-11-27(12-4-1)37-33-17-9-7-15-29(33)31-23-25(19-21-35(31)37)26-20-22-36-32(24-26)30-16-8-10-18-34(30)38(36)28-13-5-2-6-14-28/h1-35H;1-28H;1-24H. The molecule has 0 aliphatic carbocycles. The lowest BCUT2D eigenvalue weighted by Crippen LogP contribution is -1.93. The van der Waals surface area contributed by atoms with Crippen molar-refractivity contribution in [1.29, 1.82) is 0 Å². The second kappa shape index (κ2) is 33.3. The van der Waals surface area contributed by atoms with E-state index in [1.165, 1.54) is 242 Å². The highest BCUT2D eigenvalue weighted by atomic mass is 15.0. The summed E-state index contributed by atoms with van der Waals surface area (Å²) in [4.78, 5) is 0. The van der Waals surface area contributed by atoms with Gasteiger partial charge in [0.1, 0.15) is 0 Å². The zero-order valence-corrected chi connectivity index (χ0v) is 75.9. The van der Waals surface area contributed by atoms with Crippen LogP contribution in [0.3, 0.4) is 0 Å². The molecule has 7 heterocycles. The number of hydrogen-bond acceptors (Lipinski definition) is 0. The van der Waals surface area contributed by atoms with Crippen molar-refractivity contribution in [3.8, 4) is 95.4 Å². The molecule has 7 nitrogen and oxygen atoms in total. The molecule has 0 aliphatic heterocycles. The molecule has 29 rings (SSSR count). The molecule has 0 N–H and O–H groups in total. The van der Waals surface area contributed by atoms with Gasteiger partial charge in [-0.25, -0.2) is 0 Å². The van der Waals surface area contributed by atoms with Gasteiger partial charge in [0.2, 0.25) is 0 Å². The second-order valence-corrected chi connectivity index (χ2v) is 36.2. The van der Waals surface area contributed by atoms with Crippen molar-refractivity contribution in [3.63, 3.8) is 0 Å². The van der Waals surface area contributed by atoms with Crippen molar-refractivity contribution in [3.05, 3.63) is 528 Å². The molecule has 7 heteroatoms. The highest BCUT2D eigenvalue weighted by Gasteiger charge is 2.24. The zero-order chi connectivity index (χ0) is 91.5. The molecule has 0 atom stereocenters. The van der Waals surface area contributed by atoms with Crippen LogP contribution < -0.4 is 0 Å². The lowest BCUT2D eigenvalue weighted by molar-refractivity contribution is 1.18. The van der Waals surface area contributed by atoms with Gasteiger partial charge in [0.05, 0.1) is 77.2 Å². The van der Waals surface area contributed by atoms with E-state index in [-0.39, 0.29) is 0 Å². The maximum Gasteiger partial charge on any atom is 0.0541 e. The van der Waals surface area contributed by atoms with Crippen molar-refractivity contribution in [2.45, 2.75) is 0 Å². The van der Waals surface area contributed by atoms with E-state index in [9.17, 15) is 0 Å². The van der Waals surface area contributed by atoms with Crippen LogP contribution >= 0.6 is 0 Å². The summed E-state index contributed by atoms with van der Waals surface area (Å²) in [6, 6.07) is 191. The van der Waals surface area contributed by atoms with Gasteiger partial charge in [-0.1, -0.05) is 303 Å². The summed E-state index contributed by atoms with van der Waals surface area (Å²) in [6.45, 7) is 0. The smallest absolute Gasteiger partial charge is 0.0541 e. The third-order valence-electron chi connectivity index (χ3n) is 28.4. The molecule has 139 heavy (non-hydrogen) atoms. The summed E-state index contributed by atoms with van der Waals surface area (Å²) in [5.74, 6) is 0. The topological polar surface area (TPSA) is 34.5 Å². The summed E-state index contributed by atoms with van der Waals surface area (Å²) >= 11 is 0. The molecular formula is C132H87N7.